The normalized spacial score (nSPS) is 16.1. The van der Waals surface area contributed by atoms with Gasteiger partial charge in [0.25, 0.3) is 0 Å². The summed E-state index contributed by atoms with van der Waals surface area (Å²) in [5.41, 5.74) is 1.80. The summed E-state index contributed by atoms with van der Waals surface area (Å²) in [6.07, 6.45) is 3.48. The van der Waals surface area contributed by atoms with Gasteiger partial charge in [0.15, 0.2) is 11.5 Å². The number of amides is 1. The predicted molar refractivity (Wildman–Crippen MR) is 139 cm³/mol. The van der Waals surface area contributed by atoms with E-state index in [1.54, 1.807) is 39.7 Å². The first-order valence-electron chi connectivity index (χ1n) is 12.0. The maximum Gasteiger partial charge on any atom is 0.229 e. The molecule has 36 heavy (non-hydrogen) atoms. The van der Waals surface area contributed by atoms with Gasteiger partial charge in [-0.3, -0.25) is 4.79 Å². The number of hydrogen-bond donors (Lipinski definition) is 2. The molecule has 0 spiro atoms. The predicted octanol–water partition coefficient (Wildman–Crippen LogP) is 4.34. The molecule has 0 radical (unpaired) electrons. The average Bonchev–Trinajstić information content (AvgIpc) is 2.93. The number of anilines is 3. The molecular formula is C27H33N5O4. The summed E-state index contributed by atoms with van der Waals surface area (Å²) < 4.78 is 16.3. The van der Waals surface area contributed by atoms with Gasteiger partial charge in [0.1, 0.15) is 5.82 Å². The van der Waals surface area contributed by atoms with E-state index in [-0.39, 0.29) is 17.9 Å². The van der Waals surface area contributed by atoms with E-state index in [1.807, 2.05) is 43.3 Å². The van der Waals surface area contributed by atoms with Crippen LogP contribution in [0.4, 0.5) is 17.5 Å². The van der Waals surface area contributed by atoms with Crippen LogP contribution in [0.25, 0.3) is 0 Å². The van der Waals surface area contributed by atoms with Gasteiger partial charge in [-0.1, -0.05) is 30.3 Å². The number of hydrogen-bond acceptors (Lipinski definition) is 8. The van der Waals surface area contributed by atoms with E-state index in [0.29, 0.717) is 35.4 Å². The molecule has 9 heteroatoms. The van der Waals surface area contributed by atoms with Gasteiger partial charge in [0.05, 0.1) is 33.3 Å². The fourth-order valence-corrected chi connectivity index (χ4v) is 4.42. The smallest absolute Gasteiger partial charge is 0.229 e. The van der Waals surface area contributed by atoms with Crippen LogP contribution in [0.5, 0.6) is 17.2 Å². The van der Waals surface area contributed by atoms with Crippen LogP contribution in [0.15, 0.2) is 54.7 Å². The Balaban J connectivity index is 1.45. The van der Waals surface area contributed by atoms with Gasteiger partial charge in [-0.2, -0.15) is 4.98 Å². The lowest BCUT2D eigenvalue weighted by atomic mass is 9.96. The summed E-state index contributed by atoms with van der Waals surface area (Å²) >= 11 is 0. The second-order valence-electron chi connectivity index (χ2n) is 8.70. The van der Waals surface area contributed by atoms with Gasteiger partial charge >= 0.3 is 0 Å². The first kappa shape index (κ1) is 25.1. The number of carbonyl (C=O) groups is 1. The molecule has 1 saturated heterocycles. The Morgan fingerprint density at radius 3 is 2.44 bits per heavy atom. The SMILES string of the molecule is COc1cc(Nc2nccc(N3CCCC(C(=O)N[C@H](C)c4ccccc4)C3)n2)cc(OC)c1OC. The van der Waals surface area contributed by atoms with Crippen LogP contribution in [0, 0.1) is 5.92 Å². The molecule has 2 aromatic carbocycles. The van der Waals surface area contributed by atoms with Crippen LogP contribution in [0.1, 0.15) is 31.4 Å². The standard InChI is InChI=1S/C27H33N5O4/c1-18(19-9-6-5-7-10-19)29-26(33)20-11-8-14-32(17-20)24-12-13-28-27(31-24)30-21-15-22(34-2)25(36-4)23(16-21)35-3/h5-7,9-10,12-13,15-16,18,20H,8,11,14,17H2,1-4H3,(H,29,33)(H,28,30,31)/t18-,20?/m1/s1. The number of ether oxygens (including phenoxy) is 3. The highest BCUT2D eigenvalue weighted by atomic mass is 16.5. The first-order valence-corrected chi connectivity index (χ1v) is 12.0. The first-order chi connectivity index (χ1) is 17.5. The molecule has 3 aromatic rings. The van der Waals surface area contributed by atoms with Crippen molar-refractivity contribution in [2.24, 2.45) is 5.92 Å². The molecule has 2 N–H and O–H groups in total. The summed E-state index contributed by atoms with van der Waals surface area (Å²) in [5.74, 6) is 2.75. The molecular weight excluding hydrogens is 458 g/mol. The Morgan fingerprint density at radius 2 is 1.78 bits per heavy atom. The number of piperidine rings is 1. The van der Waals surface area contributed by atoms with Gasteiger partial charge in [0.2, 0.25) is 17.6 Å². The number of nitrogens with zero attached hydrogens (tertiary/aromatic N) is 3. The third kappa shape index (κ3) is 5.79. The number of aromatic nitrogens is 2. The van der Waals surface area contributed by atoms with Crippen LogP contribution in [-0.4, -0.2) is 50.3 Å². The fourth-order valence-electron chi connectivity index (χ4n) is 4.42. The topological polar surface area (TPSA) is 97.8 Å². The van der Waals surface area contributed by atoms with Crippen molar-refractivity contribution < 1.29 is 19.0 Å². The van der Waals surface area contributed by atoms with Crippen molar-refractivity contribution in [3.8, 4) is 17.2 Å². The second-order valence-corrected chi connectivity index (χ2v) is 8.70. The summed E-state index contributed by atoms with van der Waals surface area (Å²) in [6, 6.07) is 15.4. The highest BCUT2D eigenvalue weighted by molar-refractivity contribution is 5.80. The number of carbonyl (C=O) groups excluding carboxylic acids is 1. The maximum absolute atomic E-state index is 13.0. The summed E-state index contributed by atoms with van der Waals surface area (Å²) in [5, 5.41) is 6.39. The average molecular weight is 492 g/mol. The maximum atomic E-state index is 13.0. The van der Waals surface area contributed by atoms with Gasteiger partial charge in [-0.05, 0) is 31.4 Å². The molecule has 1 unspecified atom stereocenters. The van der Waals surface area contributed by atoms with Crippen molar-refractivity contribution in [3.63, 3.8) is 0 Å². The number of rotatable bonds is 9. The van der Waals surface area contributed by atoms with Crippen molar-refractivity contribution in [1.29, 1.82) is 0 Å². The van der Waals surface area contributed by atoms with Crippen molar-refractivity contribution >= 4 is 23.4 Å². The van der Waals surface area contributed by atoms with Crippen LogP contribution >= 0.6 is 0 Å². The number of nitrogens with one attached hydrogen (secondary N) is 2. The van der Waals surface area contributed by atoms with Crippen molar-refractivity contribution in [3.05, 3.63) is 60.3 Å². The Kier molecular flexibility index (Phi) is 8.10. The summed E-state index contributed by atoms with van der Waals surface area (Å²) in [7, 11) is 4.71. The van der Waals surface area contributed by atoms with Gasteiger partial charge < -0.3 is 29.7 Å². The van der Waals surface area contributed by atoms with E-state index in [4.69, 9.17) is 19.2 Å². The lowest BCUT2D eigenvalue weighted by molar-refractivity contribution is -0.125. The quantitative estimate of drug-likeness (QED) is 0.456. The molecule has 1 aliphatic rings. The van der Waals surface area contributed by atoms with E-state index in [2.05, 4.69) is 20.5 Å². The summed E-state index contributed by atoms with van der Waals surface area (Å²) in [4.78, 5) is 24.2. The van der Waals surface area contributed by atoms with Crippen LogP contribution < -0.4 is 29.7 Å². The second kappa shape index (κ2) is 11.6. The molecule has 0 bridgehead atoms. The van der Waals surface area contributed by atoms with E-state index in [0.717, 1.165) is 30.8 Å². The van der Waals surface area contributed by atoms with Crippen LogP contribution in [0.3, 0.4) is 0 Å². The third-order valence-electron chi connectivity index (χ3n) is 6.34. The number of benzene rings is 2. The highest BCUT2D eigenvalue weighted by Gasteiger charge is 2.27. The van der Waals surface area contributed by atoms with Gasteiger partial charge in [-0.25, -0.2) is 4.98 Å². The molecule has 0 saturated carbocycles. The minimum Gasteiger partial charge on any atom is -0.493 e. The molecule has 190 valence electrons. The minimum absolute atomic E-state index is 0.0394. The molecule has 1 fully saturated rings. The molecule has 1 amide bonds. The Hall–Kier alpha value is -4.01. The Bertz CT molecular complexity index is 1150. The molecule has 1 aliphatic heterocycles. The number of methoxy groups -OCH3 is 3. The van der Waals surface area contributed by atoms with Gasteiger partial charge in [0, 0.05) is 37.1 Å². The van der Waals surface area contributed by atoms with E-state index in [1.165, 1.54) is 0 Å². The summed E-state index contributed by atoms with van der Waals surface area (Å²) in [6.45, 7) is 3.45. The van der Waals surface area contributed by atoms with Crippen LogP contribution in [0.2, 0.25) is 0 Å². The van der Waals surface area contributed by atoms with E-state index < -0.39 is 0 Å². The Morgan fingerprint density at radius 1 is 1.06 bits per heavy atom. The largest absolute Gasteiger partial charge is 0.493 e. The lowest BCUT2D eigenvalue weighted by Crippen LogP contribution is -2.44. The zero-order valence-electron chi connectivity index (χ0n) is 21.2. The van der Waals surface area contributed by atoms with Gasteiger partial charge in [-0.15, -0.1) is 0 Å². The third-order valence-corrected chi connectivity index (χ3v) is 6.34. The zero-order chi connectivity index (χ0) is 25.5. The molecule has 0 aliphatic carbocycles. The molecule has 4 rings (SSSR count). The monoisotopic (exact) mass is 491 g/mol. The fraction of sp³-hybridized carbons (Fsp3) is 0.370. The Labute approximate surface area is 211 Å². The van der Waals surface area contributed by atoms with Crippen LogP contribution in [-0.2, 0) is 4.79 Å². The molecule has 9 nitrogen and oxygen atoms in total. The molecule has 1 aromatic heterocycles. The highest BCUT2D eigenvalue weighted by Crippen LogP contribution is 2.40. The van der Waals surface area contributed by atoms with Crippen molar-refractivity contribution in [2.75, 3.05) is 44.6 Å². The van der Waals surface area contributed by atoms with E-state index in [9.17, 15) is 4.79 Å². The zero-order valence-corrected chi connectivity index (χ0v) is 21.2. The molecule has 2 atom stereocenters. The van der Waals surface area contributed by atoms with E-state index >= 15 is 0 Å². The van der Waals surface area contributed by atoms with Crippen molar-refractivity contribution in [2.45, 2.75) is 25.8 Å². The molecule has 2 heterocycles. The minimum atomic E-state index is -0.105. The lowest BCUT2D eigenvalue weighted by Gasteiger charge is -2.33. The van der Waals surface area contributed by atoms with Crippen molar-refractivity contribution in [1.82, 2.24) is 15.3 Å².